The van der Waals surface area contributed by atoms with E-state index in [9.17, 15) is 10.1 Å². The first-order valence-electron chi connectivity index (χ1n) is 6.81. The van der Waals surface area contributed by atoms with Crippen LogP contribution in [0.15, 0.2) is 18.2 Å². The van der Waals surface area contributed by atoms with Crippen LogP contribution in [0.4, 0.5) is 11.4 Å². The van der Waals surface area contributed by atoms with Crippen molar-refractivity contribution in [3.63, 3.8) is 0 Å². The number of hydrogen-bond acceptors (Lipinski definition) is 4. The van der Waals surface area contributed by atoms with Crippen LogP contribution >= 0.6 is 0 Å². The summed E-state index contributed by atoms with van der Waals surface area (Å²) in [5.74, 6) is 0. The minimum absolute atomic E-state index is 0.161. The fraction of sp³-hybridized carbons (Fsp3) is 0.571. The van der Waals surface area contributed by atoms with E-state index < -0.39 is 0 Å². The van der Waals surface area contributed by atoms with Gasteiger partial charge in [0, 0.05) is 18.7 Å². The van der Waals surface area contributed by atoms with Gasteiger partial charge < -0.3 is 5.32 Å². The molecular formula is C14H21N3O2. The molecular weight excluding hydrogens is 242 g/mol. The molecule has 0 bridgehead atoms. The average molecular weight is 263 g/mol. The molecule has 1 atom stereocenters. The third kappa shape index (κ3) is 3.23. The summed E-state index contributed by atoms with van der Waals surface area (Å²) in [4.78, 5) is 13.1. The van der Waals surface area contributed by atoms with Gasteiger partial charge in [-0.15, -0.1) is 0 Å². The summed E-state index contributed by atoms with van der Waals surface area (Å²) in [7, 11) is 0. The van der Waals surface area contributed by atoms with Crippen molar-refractivity contribution in [1.29, 1.82) is 0 Å². The number of nitro benzene ring substituents is 1. The normalized spacial score (nSPS) is 17.4. The molecule has 19 heavy (non-hydrogen) atoms. The quantitative estimate of drug-likeness (QED) is 0.655. The molecule has 5 nitrogen and oxygen atoms in total. The predicted molar refractivity (Wildman–Crippen MR) is 76.6 cm³/mol. The second-order valence-electron chi connectivity index (χ2n) is 5.20. The van der Waals surface area contributed by atoms with E-state index in [1.807, 2.05) is 13.0 Å². The number of anilines is 1. The maximum absolute atomic E-state index is 11.0. The van der Waals surface area contributed by atoms with Gasteiger partial charge in [-0.25, -0.2) is 0 Å². The molecule has 0 aromatic heterocycles. The molecule has 0 aliphatic carbocycles. The van der Waals surface area contributed by atoms with Crippen LogP contribution in [0.25, 0.3) is 0 Å². The molecule has 5 heteroatoms. The van der Waals surface area contributed by atoms with E-state index in [0.717, 1.165) is 25.2 Å². The van der Waals surface area contributed by atoms with E-state index in [-0.39, 0.29) is 10.6 Å². The predicted octanol–water partition coefficient (Wildman–Crippen LogP) is 2.80. The number of likely N-dealkylation sites (tertiary alicyclic amines) is 1. The number of benzene rings is 1. The molecule has 1 aromatic rings. The van der Waals surface area contributed by atoms with Crippen LogP contribution in [0, 0.1) is 17.0 Å². The summed E-state index contributed by atoms with van der Waals surface area (Å²) in [6.07, 6.45) is 2.52. The highest BCUT2D eigenvalue weighted by Gasteiger charge is 2.20. The van der Waals surface area contributed by atoms with Gasteiger partial charge in [0.05, 0.1) is 4.92 Å². The zero-order chi connectivity index (χ0) is 13.8. The van der Waals surface area contributed by atoms with Gasteiger partial charge in [-0.3, -0.25) is 15.0 Å². The van der Waals surface area contributed by atoms with E-state index in [1.54, 1.807) is 12.1 Å². The maximum atomic E-state index is 11.0. The maximum Gasteiger partial charge on any atom is 0.292 e. The molecule has 104 valence electrons. The summed E-state index contributed by atoms with van der Waals surface area (Å²) in [5, 5.41) is 14.3. The Kier molecular flexibility index (Phi) is 4.37. The smallest absolute Gasteiger partial charge is 0.292 e. The molecule has 1 saturated heterocycles. The minimum Gasteiger partial charge on any atom is -0.378 e. The zero-order valence-corrected chi connectivity index (χ0v) is 11.6. The van der Waals surface area contributed by atoms with Crippen LogP contribution in [-0.2, 0) is 0 Å². The fourth-order valence-electron chi connectivity index (χ4n) is 2.60. The molecule has 0 radical (unpaired) electrons. The van der Waals surface area contributed by atoms with Crippen LogP contribution in [0.2, 0.25) is 0 Å². The van der Waals surface area contributed by atoms with E-state index >= 15 is 0 Å². The summed E-state index contributed by atoms with van der Waals surface area (Å²) >= 11 is 0. The van der Waals surface area contributed by atoms with Crippen LogP contribution in [0.5, 0.6) is 0 Å². The van der Waals surface area contributed by atoms with Gasteiger partial charge in [-0.1, -0.05) is 12.1 Å². The van der Waals surface area contributed by atoms with E-state index in [0.29, 0.717) is 11.7 Å². The Hall–Kier alpha value is -1.62. The first-order valence-corrected chi connectivity index (χ1v) is 6.81. The molecule has 2 rings (SSSR count). The lowest BCUT2D eigenvalue weighted by Crippen LogP contribution is -2.35. The number of hydrogen-bond donors (Lipinski definition) is 1. The van der Waals surface area contributed by atoms with Crippen LogP contribution in [-0.4, -0.2) is 35.5 Å². The first-order chi connectivity index (χ1) is 9.09. The third-order valence-electron chi connectivity index (χ3n) is 3.79. The molecule has 1 aliphatic heterocycles. The largest absolute Gasteiger partial charge is 0.378 e. The van der Waals surface area contributed by atoms with Crippen molar-refractivity contribution in [3.8, 4) is 0 Å². The Morgan fingerprint density at radius 1 is 1.42 bits per heavy atom. The molecule has 0 amide bonds. The lowest BCUT2D eigenvalue weighted by molar-refractivity contribution is -0.384. The Morgan fingerprint density at radius 3 is 2.74 bits per heavy atom. The van der Waals surface area contributed by atoms with Gasteiger partial charge >= 0.3 is 0 Å². The van der Waals surface area contributed by atoms with Crippen LogP contribution in [0.1, 0.15) is 25.3 Å². The van der Waals surface area contributed by atoms with Crippen molar-refractivity contribution >= 4 is 11.4 Å². The summed E-state index contributed by atoms with van der Waals surface area (Å²) in [6.45, 7) is 7.08. The number of nitro groups is 1. The highest BCUT2D eigenvalue weighted by Crippen LogP contribution is 2.27. The molecule has 1 heterocycles. The SMILES string of the molecule is Cc1cccc([N+](=O)[O-])c1NCC(C)N1CCCC1. The highest BCUT2D eigenvalue weighted by molar-refractivity contribution is 5.66. The van der Waals surface area contributed by atoms with Crippen molar-refractivity contribution in [2.45, 2.75) is 32.7 Å². The fourth-order valence-corrected chi connectivity index (χ4v) is 2.60. The van der Waals surface area contributed by atoms with Crippen molar-refractivity contribution < 1.29 is 4.92 Å². The van der Waals surface area contributed by atoms with Crippen LogP contribution in [0.3, 0.4) is 0 Å². The number of nitrogens with one attached hydrogen (secondary N) is 1. The van der Waals surface area contributed by atoms with Gasteiger partial charge in [0.1, 0.15) is 5.69 Å². The highest BCUT2D eigenvalue weighted by atomic mass is 16.6. The van der Waals surface area contributed by atoms with Crippen LogP contribution < -0.4 is 5.32 Å². The monoisotopic (exact) mass is 263 g/mol. The van der Waals surface area contributed by atoms with Crippen molar-refractivity contribution in [2.24, 2.45) is 0 Å². The third-order valence-corrected chi connectivity index (χ3v) is 3.79. The second kappa shape index (κ2) is 6.02. The number of para-hydroxylation sites is 1. The zero-order valence-electron chi connectivity index (χ0n) is 11.6. The summed E-state index contributed by atoms with van der Waals surface area (Å²) in [5.41, 5.74) is 1.73. The molecule has 0 spiro atoms. The molecule has 1 fully saturated rings. The molecule has 1 N–H and O–H groups in total. The van der Waals surface area contributed by atoms with Gasteiger partial charge in [0.2, 0.25) is 0 Å². The van der Waals surface area contributed by atoms with Gasteiger partial charge in [-0.05, 0) is 45.3 Å². The second-order valence-corrected chi connectivity index (χ2v) is 5.20. The minimum atomic E-state index is -0.324. The summed E-state index contributed by atoms with van der Waals surface area (Å²) < 4.78 is 0. The van der Waals surface area contributed by atoms with Crippen molar-refractivity contribution in [1.82, 2.24) is 4.90 Å². The van der Waals surface area contributed by atoms with Crippen molar-refractivity contribution in [3.05, 3.63) is 33.9 Å². The Balaban J connectivity index is 2.04. The molecule has 0 saturated carbocycles. The number of rotatable bonds is 5. The summed E-state index contributed by atoms with van der Waals surface area (Å²) in [6, 6.07) is 5.58. The number of aryl methyl sites for hydroxylation is 1. The Morgan fingerprint density at radius 2 is 2.11 bits per heavy atom. The van der Waals surface area contributed by atoms with E-state index in [2.05, 4.69) is 17.1 Å². The molecule has 1 unspecified atom stereocenters. The van der Waals surface area contributed by atoms with E-state index in [4.69, 9.17) is 0 Å². The van der Waals surface area contributed by atoms with Gasteiger partial charge in [-0.2, -0.15) is 0 Å². The molecule has 1 aromatic carbocycles. The lowest BCUT2D eigenvalue weighted by atomic mass is 10.1. The van der Waals surface area contributed by atoms with Gasteiger partial charge in [0.25, 0.3) is 5.69 Å². The first kappa shape index (κ1) is 13.8. The Bertz CT molecular complexity index is 456. The lowest BCUT2D eigenvalue weighted by Gasteiger charge is -2.24. The van der Waals surface area contributed by atoms with Crippen molar-refractivity contribution in [2.75, 3.05) is 25.0 Å². The van der Waals surface area contributed by atoms with Gasteiger partial charge in [0.15, 0.2) is 0 Å². The van der Waals surface area contributed by atoms with E-state index in [1.165, 1.54) is 12.8 Å². The topological polar surface area (TPSA) is 58.4 Å². The average Bonchev–Trinajstić information content (AvgIpc) is 2.90. The molecule has 1 aliphatic rings. The standard InChI is InChI=1S/C14H21N3O2/c1-11-6-5-7-13(17(18)19)14(11)15-10-12(2)16-8-3-4-9-16/h5-7,12,15H,3-4,8-10H2,1-2H3. The Labute approximate surface area is 113 Å². The number of nitrogens with zero attached hydrogens (tertiary/aromatic N) is 2.